The molecule has 1 heterocycles. The number of sulfone groups is 2. The van der Waals surface area contributed by atoms with E-state index in [9.17, 15) is 16.8 Å². The van der Waals surface area contributed by atoms with Crippen molar-refractivity contribution in [3.8, 4) is 0 Å². The van der Waals surface area contributed by atoms with Gasteiger partial charge in [-0.3, -0.25) is 0 Å². The Morgan fingerprint density at radius 1 is 0.742 bits per heavy atom. The Hall–Kier alpha value is -2.90. The van der Waals surface area contributed by atoms with E-state index in [1.807, 2.05) is 32.0 Å². The van der Waals surface area contributed by atoms with E-state index in [4.69, 9.17) is 0 Å². The molecule has 5 nitrogen and oxygen atoms in total. The van der Waals surface area contributed by atoms with Gasteiger partial charge in [0.05, 0.1) is 26.5 Å². The number of anilines is 1. The molecule has 0 saturated carbocycles. The summed E-state index contributed by atoms with van der Waals surface area (Å²) in [5.74, 6) is -0.374. The predicted molar refractivity (Wildman–Crippen MR) is 123 cm³/mol. The average molecular weight is 454 g/mol. The molecular weight excluding hydrogens is 430 g/mol. The summed E-state index contributed by atoms with van der Waals surface area (Å²) in [6.45, 7) is 3.76. The van der Waals surface area contributed by atoms with Crippen molar-refractivity contribution in [2.24, 2.45) is 0 Å². The molecule has 3 aromatic rings. The highest BCUT2D eigenvalue weighted by Gasteiger charge is 2.35. The van der Waals surface area contributed by atoms with Crippen LogP contribution >= 0.6 is 0 Å². The lowest BCUT2D eigenvalue weighted by molar-refractivity contribution is 0.591. The van der Waals surface area contributed by atoms with Gasteiger partial charge in [-0.25, -0.2) is 16.8 Å². The fourth-order valence-corrected chi connectivity index (χ4v) is 6.69. The number of rotatable bonds is 5. The summed E-state index contributed by atoms with van der Waals surface area (Å²) < 4.78 is 53.2. The molecule has 0 bridgehead atoms. The van der Waals surface area contributed by atoms with Crippen molar-refractivity contribution >= 4 is 31.4 Å². The third-order valence-corrected chi connectivity index (χ3v) is 9.02. The Labute approximate surface area is 183 Å². The van der Waals surface area contributed by atoms with Crippen LogP contribution in [0.4, 0.5) is 5.69 Å². The highest BCUT2D eigenvalue weighted by molar-refractivity contribution is 7.95. The number of benzene rings is 3. The molecule has 1 unspecified atom stereocenters. The molecular formula is C24H23NO4S2. The van der Waals surface area contributed by atoms with Crippen molar-refractivity contribution in [2.75, 3.05) is 11.1 Å². The second-order valence-corrected chi connectivity index (χ2v) is 11.7. The van der Waals surface area contributed by atoms with Crippen LogP contribution in [0.5, 0.6) is 0 Å². The summed E-state index contributed by atoms with van der Waals surface area (Å²) in [5.41, 5.74) is 3.30. The third-order valence-electron chi connectivity index (χ3n) is 5.34. The quantitative estimate of drug-likeness (QED) is 0.620. The minimum atomic E-state index is -3.90. The van der Waals surface area contributed by atoms with E-state index in [-0.39, 0.29) is 20.4 Å². The van der Waals surface area contributed by atoms with Gasteiger partial charge in [0.1, 0.15) is 0 Å². The van der Waals surface area contributed by atoms with Gasteiger partial charge < -0.3 is 5.32 Å². The van der Waals surface area contributed by atoms with Crippen LogP contribution in [0.2, 0.25) is 0 Å². The first kappa shape index (κ1) is 21.3. The topological polar surface area (TPSA) is 80.3 Å². The van der Waals surface area contributed by atoms with Gasteiger partial charge in [-0.15, -0.1) is 0 Å². The van der Waals surface area contributed by atoms with Gasteiger partial charge in [0.25, 0.3) is 0 Å². The number of para-hydroxylation sites is 1. The van der Waals surface area contributed by atoms with E-state index >= 15 is 0 Å². The summed E-state index contributed by atoms with van der Waals surface area (Å²) in [6, 6.07) is 19.5. The second-order valence-electron chi connectivity index (χ2n) is 7.74. The van der Waals surface area contributed by atoms with Crippen molar-refractivity contribution in [3.05, 3.63) is 94.4 Å². The maximum absolute atomic E-state index is 13.5. The molecule has 4 rings (SSSR count). The Morgan fingerprint density at radius 3 is 1.90 bits per heavy atom. The monoisotopic (exact) mass is 453 g/mol. The smallest absolute Gasteiger partial charge is 0.204 e. The van der Waals surface area contributed by atoms with Gasteiger partial charge in [-0.1, -0.05) is 53.6 Å². The first-order valence-corrected chi connectivity index (χ1v) is 13.0. The molecule has 0 fully saturated rings. The van der Waals surface area contributed by atoms with Gasteiger partial charge in [-0.2, -0.15) is 0 Å². The molecule has 1 atom stereocenters. The predicted octanol–water partition coefficient (Wildman–Crippen LogP) is 4.39. The van der Waals surface area contributed by atoms with Gasteiger partial charge in [0.15, 0.2) is 9.84 Å². The lowest BCUT2D eigenvalue weighted by Gasteiger charge is -2.28. The standard InChI is InChI=1S/C24H23NO4S2/c1-17-7-11-20(12-8-17)30(26,27)16-23-24(15-19-5-3-4-6-22(19)25-23)31(28,29)21-13-9-18(2)10-14-21/h3-15,23,25H,16H2,1-2H3. The fraction of sp³-hybridized carbons (Fsp3) is 0.167. The van der Waals surface area contributed by atoms with Crippen LogP contribution in [0.3, 0.4) is 0 Å². The molecule has 3 aromatic carbocycles. The number of hydrogen-bond acceptors (Lipinski definition) is 5. The number of hydrogen-bond donors (Lipinski definition) is 1. The Balaban J connectivity index is 1.79. The highest BCUT2D eigenvalue weighted by Crippen LogP contribution is 2.34. The van der Waals surface area contributed by atoms with E-state index in [1.165, 1.54) is 0 Å². The lowest BCUT2D eigenvalue weighted by Crippen LogP contribution is -2.36. The van der Waals surface area contributed by atoms with Gasteiger partial charge >= 0.3 is 0 Å². The first-order chi connectivity index (χ1) is 14.7. The zero-order valence-corrected chi connectivity index (χ0v) is 18.9. The normalized spacial score (nSPS) is 16.2. The summed E-state index contributed by atoms with van der Waals surface area (Å²) >= 11 is 0. The minimum absolute atomic E-state index is 0.0470. The van der Waals surface area contributed by atoms with Crippen molar-refractivity contribution in [1.82, 2.24) is 0 Å². The van der Waals surface area contributed by atoms with Gasteiger partial charge in [-0.05, 0) is 55.8 Å². The largest absolute Gasteiger partial charge is 0.376 e. The Kier molecular flexibility index (Phi) is 5.49. The first-order valence-electron chi connectivity index (χ1n) is 9.85. The van der Waals surface area contributed by atoms with Crippen LogP contribution in [-0.4, -0.2) is 28.6 Å². The van der Waals surface area contributed by atoms with Crippen LogP contribution in [0.25, 0.3) is 6.08 Å². The number of fused-ring (bicyclic) bond motifs is 1. The van der Waals surface area contributed by atoms with E-state index < -0.39 is 25.7 Å². The van der Waals surface area contributed by atoms with Gasteiger partial charge in [0.2, 0.25) is 9.84 Å². The molecule has 1 aliphatic heterocycles. The van der Waals surface area contributed by atoms with Crippen molar-refractivity contribution in [3.63, 3.8) is 0 Å². The van der Waals surface area contributed by atoms with Crippen LogP contribution in [0, 0.1) is 13.8 Å². The minimum Gasteiger partial charge on any atom is -0.376 e. The molecule has 0 radical (unpaired) electrons. The molecule has 0 aromatic heterocycles. The summed E-state index contributed by atoms with van der Waals surface area (Å²) in [4.78, 5) is 0.361. The lowest BCUT2D eigenvalue weighted by atomic mass is 10.1. The molecule has 1 aliphatic rings. The molecule has 0 aliphatic carbocycles. The van der Waals surface area contributed by atoms with E-state index in [0.717, 1.165) is 11.1 Å². The van der Waals surface area contributed by atoms with Crippen LogP contribution in [0.1, 0.15) is 16.7 Å². The van der Waals surface area contributed by atoms with Gasteiger partial charge in [0, 0.05) is 5.69 Å². The maximum Gasteiger partial charge on any atom is 0.204 e. The second kappa shape index (κ2) is 7.98. The molecule has 1 N–H and O–H groups in total. The molecule has 0 amide bonds. The van der Waals surface area contributed by atoms with Crippen molar-refractivity contribution < 1.29 is 16.8 Å². The summed E-state index contributed by atoms with van der Waals surface area (Å²) in [6.07, 6.45) is 1.58. The Morgan fingerprint density at radius 2 is 1.29 bits per heavy atom. The number of aryl methyl sites for hydroxylation is 2. The maximum atomic E-state index is 13.5. The van der Waals surface area contributed by atoms with E-state index in [0.29, 0.717) is 11.3 Å². The SMILES string of the molecule is Cc1ccc(S(=O)(=O)CC2Nc3ccccc3C=C2S(=O)(=O)c2ccc(C)cc2)cc1. The van der Waals surface area contributed by atoms with Crippen LogP contribution in [-0.2, 0) is 19.7 Å². The number of nitrogens with one attached hydrogen (secondary N) is 1. The summed E-state index contributed by atoms with van der Waals surface area (Å²) in [7, 11) is -7.63. The zero-order chi connectivity index (χ0) is 22.2. The zero-order valence-electron chi connectivity index (χ0n) is 17.2. The van der Waals surface area contributed by atoms with E-state index in [2.05, 4.69) is 5.32 Å². The van der Waals surface area contributed by atoms with Crippen LogP contribution in [0.15, 0.2) is 87.5 Å². The Bertz CT molecular complexity index is 1360. The average Bonchev–Trinajstić information content (AvgIpc) is 2.73. The molecule has 0 spiro atoms. The van der Waals surface area contributed by atoms with Crippen molar-refractivity contribution in [1.29, 1.82) is 0 Å². The van der Waals surface area contributed by atoms with E-state index in [1.54, 1.807) is 60.7 Å². The molecule has 160 valence electrons. The summed E-state index contributed by atoms with van der Waals surface area (Å²) in [5, 5.41) is 3.14. The molecule has 7 heteroatoms. The van der Waals surface area contributed by atoms with Crippen LogP contribution < -0.4 is 5.32 Å². The third kappa shape index (κ3) is 4.29. The molecule has 0 saturated heterocycles. The fourth-order valence-electron chi connectivity index (χ4n) is 3.57. The van der Waals surface area contributed by atoms with Crippen molar-refractivity contribution in [2.45, 2.75) is 29.7 Å². The highest BCUT2D eigenvalue weighted by atomic mass is 32.2. The molecule has 31 heavy (non-hydrogen) atoms.